The van der Waals surface area contributed by atoms with Gasteiger partial charge in [-0.3, -0.25) is 4.79 Å². The van der Waals surface area contributed by atoms with E-state index in [4.69, 9.17) is 0 Å². The Labute approximate surface area is 161 Å². The number of aryl methyl sites for hydroxylation is 1. The molecule has 144 valence electrons. The molecule has 0 radical (unpaired) electrons. The van der Waals surface area contributed by atoms with Crippen LogP contribution in [0.25, 0.3) is 0 Å². The third-order valence-corrected chi connectivity index (χ3v) is 6.12. The van der Waals surface area contributed by atoms with Crippen molar-refractivity contribution in [2.24, 2.45) is 0 Å². The number of carbonyl (C=O) groups excluding carboxylic acids is 1. The molecule has 2 aromatic rings. The highest BCUT2D eigenvalue weighted by Crippen LogP contribution is 2.24. The van der Waals surface area contributed by atoms with Crippen LogP contribution in [-0.2, 0) is 21.1 Å². The minimum Gasteiger partial charge on any atom is -0.367 e. The van der Waals surface area contributed by atoms with Crippen molar-refractivity contribution in [3.8, 4) is 0 Å². The van der Waals surface area contributed by atoms with E-state index >= 15 is 0 Å². The highest BCUT2D eigenvalue weighted by molar-refractivity contribution is 7.90. The number of carbonyl (C=O) groups is 1. The maximum Gasteiger partial charge on any atom is 0.220 e. The number of nitrogens with zero attached hydrogens (tertiary/aromatic N) is 1. The molecule has 1 N–H and O–H groups in total. The molecule has 0 aromatic heterocycles. The van der Waals surface area contributed by atoms with Crippen LogP contribution in [0.3, 0.4) is 0 Å². The minimum atomic E-state index is -3.18. The quantitative estimate of drug-likeness (QED) is 0.795. The van der Waals surface area contributed by atoms with Crippen LogP contribution >= 0.6 is 0 Å². The van der Waals surface area contributed by atoms with Crippen molar-refractivity contribution in [2.45, 2.75) is 36.6 Å². The third-order valence-electron chi connectivity index (χ3n) is 4.99. The van der Waals surface area contributed by atoms with Gasteiger partial charge >= 0.3 is 0 Å². The first-order valence-electron chi connectivity index (χ1n) is 9.31. The van der Waals surface area contributed by atoms with E-state index < -0.39 is 9.84 Å². The number of rotatable bonds is 7. The number of para-hydroxylation sites is 1. The van der Waals surface area contributed by atoms with E-state index in [1.807, 2.05) is 18.2 Å². The van der Waals surface area contributed by atoms with E-state index in [2.05, 4.69) is 22.3 Å². The molecule has 1 amide bonds. The number of nitrogens with one attached hydrogen (secondary N) is 1. The summed E-state index contributed by atoms with van der Waals surface area (Å²) in [6.45, 7) is 1.68. The molecule has 1 saturated heterocycles. The fourth-order valence-electron chi connectivity index (χ4n) is 3.49. The summed E-state index contributed by atoms with van der Waals surface area (Å²) in [7, 11) is -3.18. The molecule has 1 atom stereocenters. The topological polar surface area (TPSA) is 66.5 Å². The first-order chi connectivity index (χ1) is 12.9. The van der Waals surface area contributed by atoms with Crippen LogP contribution in [0, 0.1) is 0 Å². The normalized spacial score (nSPS) is 17.1. The molecule has 1 fully saturated rings. The van der Waals surface area contributed by atoms with Gasteiger partial charge in [-0.1, -0.05) is 30.3 Å². The Balaban J connectivity index is 1.47. The summed E-state index contributed by atoms with van der Waals surface area (Å²) in [4.78, 5) is 14.9. The van der Waals surface area contributed by atoms with Crippen LogP contribution in [-0.4, -0.2) is 39.7 Å². The second-order valence-corrected chi connectivity index (χ2v) is 9.06. The molecule has 2 aromatic carbocycles. The van der Waals surface area contributed by atoms with Crippen molar-refractivity contribution in [3.63, 3.8) is 0 Å². The fourth-order valence-corrected chi connectivity index (χ4v) is 4.12. The number of amides is 1. The van der Waals surface area contributed by atoms with Crippen LogP contribution in [0.4, 0.5) is 5.69 Å². The smallest absolute Gasteiger partial charge is 0.220 e. The number of sulfone groups is 1. The van der Waals surface area contributed by atoms with E-state index in [0.29, 0.717) is 30.3 Å². The van der Waals surface area contributed by atoms with Gasteiger partial charge in [0.1, 0.15) is 0 Å². The van der Waals surface area contributed by atoms with Gasteiger partial charge in [-0.2, -0.15) is 0 Å². The Kier molecular flexibility index (Phi) is 6.16. The lowest BCUT2D eigenvalue weighted by Gasteiger charge is -2.27. The van der Waals surface area contributed by atoms with Gasteiger partial charge in [-0.15, -0.1) is 0 Å². The molecule has 1 heterocycles. The van der Waals surface area contributed by atoms with Crippen molar-refractivity contribution in [2.75, 3.05) is 24.2 Å². The van der Waals surface area contributed by atoms with E-state index in [1.165, 1.54) is 11.9 Å². The van der Waals surface area contributed by atoms with Crippen molar-refractivity contribution >= 4 is 21.4 Å². The van der Waals surface area contributed by atoms with Gasteiger partial charge in [0.2, 0.25) is 5.91 Å². The van der Waals surface area contributed by atoms with Crippen LogP contribution in [0.5, 0.6) is 0 Å². The molecule has 0 saturated carbocycles. The van der Waals surface area contributed by atoms with Crippen molar-refractivity contribution in [1.29, 1.82) is 0 Å². The van der Waals surface area contributed by atoms with Gasteiger partial charge in [0.25, 0.3) is 0 Å². The molecule has 3 rings (SSSR count). The largest absolute Gasteiger partial charge is 0.367 e. The molecule has 0 bridgehead atoms. The van der Waals surface area contributed by atoms with Crippen molar-refractivity contribution in [3.05, 3.63) is 60.2 Å². The van der Waals surface area contributed by atoms with Gasteiger partial charge in [-0.25, -0.2) is 8.42 Å². The highest BCUT2D eigenvalue weighted by Gasteiger charge is 2.24. The Morgan fingerprint density at radius 1 is 1.11 bits per heavy atom. The van der Waals surface area contributed by atoms with Crippen LogP contribution in [0.15, 0.2) is 59.5 Å². The summed E-state index contributed by atoms with van der Waals surface area (Å²) in [5, 5.41) is 3.05. The Morgan fingerprint density at radius 3 is 2.48 bits per heavy atom. The number of hydrogen-bond acceptors (Lipinski definition) is 4. The molecule has 1 aliphatic rings. The van der Waals surface area contributed by atoms with Crippen LogP contribution in [0.2, 0.25) is 0 Å². The summed E-state index contributed by atoms with van der Waals surface area (Å²) in [5.74, 6) is 0.0297. The molecule has 0 spiro atoms. The lowest BCUT2D eigenvalue weighted by molar-refractivity contribution is -0.121. The lowest BCUT2D eigenvalue weighted by Crippen LogP contribution is -2.40. The maximum atomic E-state index is 12.2. The van der Waals surface area contributed by atoms with E-state index in [0.717, 1.165) is 24.9 Å². The summed E-state index contributed by atoms with van der Waals surface area (Å²) >= 11 is 0. The minimum absolute atomic E-state index is 0.0297. The average molecular weight is 387 g/mol. The SMILES string of the molecule is CS(=O)(=O)c1ccc(CCC(=O)NC[C@@H]2CCCN2c2ccccc2)cc1. The van der Waals surface area contributed by atoms with Crippen molar-refractivity contribution < 1.29 is 13.2 Å². The van der Waals surface area contributed by atoms with Gasteiger partial charge in [0, 0.05) is 37.5 Å². The van der Waals surface area contributed by atoms with Gasteiger partial charge < -0.3 is 10.2 Å². The van der Waals surface area contributed by atoms with Gasteiger partial charge in [0.15, 0.2) is 9.84 Å². The molecule has 1 aliphatic heterocycles. The third kappa shape index (κ3) is 5.32. The Hall–Kier alpha value is -2.34. The molecule has 6 heteroatoms. The van der Waals surface area contributed by atoms with E-state index in [9.17, 15) is 13.2 Å². The summed E-state index contributed by atoms with van der Waals surface area (Å²) < 4.78 is 23.0. The fraction of sp³-hybridized carbons (Fsp3) is 0.381. The van der Waals surface area contributed by atoms with Gasteiger partial charge in [0.05, 0.1) is 4.90 Å². The first-order valence-corrected chi connectivity index (χ1v) is 11.2. The zero-order chi connectivity index (χ0) is 19.3. The molecule has 0 aliphatic carbocycles. The standard InChI is InChI=1S/C21H26N2O3S/c1-27(25,26)20-12-9-17(10-13-20)11-14-21(24)22-16-19-8-5-15-23(19)18-6-3-2-4-7-18/h2-4,6-7,9-10,12-13,19H,5,8,11,14-16H2,1H3,(H,22,24)/t19-/m0/s1. The van der Waals surface area contributed by atoms with Crippen LogP contribution in [0.1, 0.15) is 24.8 Å². The average Bonchev–Trinajstić information content (AvgIpc) is 3.13. The number of anilines is 1. The predicted molar refractivity (Wildman–Crippen MR) is 108 cm³/mol. The zero-order valence-corrected chi connectivity index (χ0v) is 16.4. The predicted octanol–water partition coefficient (Wildman–Crippen LogP) is 2.81. The van der Waals surface area contributed by atoms with E-state index in [1.54, 1.807) is 24.3 Å². The number of hydrogen-bond donors (Lipinski definition) is 1. The zero-order valence-electron chi connectivity index (χ0n) is 15.6. The number of benzene rings is 2. The molecule has 27 heavy (non-hydrogen) atoms. The first kappa shape index (κ1) is 19.4. The molecule has 0 unspecified atom stereocenters. The Morgan fingerprint density at radius 2 is 1.81 bits per heavy atom. The second kappa shape index (κ2) is 8.57. The maximum absolute atomic E-state index is 12.2. The summed E-state index contributed by atoms with van der Waals surface area (Å²) in [6.07, 6.45) is 4.42. The monoisotopic (exact) mass is 386 g/mol. The summed E-state index contributed by atoms with van der Waals surface area (Å²) in [6, 6.07) is 17.4. The molecular weight excluding hydrogens is 360 g/mol. The lowest BCUT2D eigenvalue weighted by atomic mass is 10.1. The highest BCUT2D eigenvalue weighted by atomic mass is 32.2. The van der Waals surface area contributed by atoms with Gasteiger partial charge in [-0.05, 0) is 49.1 Å². The second-order valence-electron chi connectivity index (χ2n) is 7.05. The van der Waals surface area contributed by atoms with Crippen LogP contribution < -0.4 is 10.2 Å². The Bertz CT molecular complexity index is 864. The summed E-state index contributed by atoms with van der Waals surface area (Å²) in [5.41, 5.74) is 2.17. The van der Waals surface area contributed by atoms with Crippen molar-refractivity contribution in [1.82, 2.24) is 5.32 Å². The molecular formula is C21H26N2O3S. The molecule has 5 nitrogen and oxygen atoms in total. The van der Waals surface area contributed by atoms with E-state index in [-0.39, 0.29) is 5.91 Å².